The van der Waals surface area contributed by atoms with Gasteiger partial charge in [-0.1, -0.05) is 17.7 Å². The Morgan fingerprint density at radius 3 is 2.75 bits per heavy atom. The number of ether oxygens (including phenoxy) is 1. The molecule has 2 aromatic rings. The van der Waals surface area contributed by atoms with Gasteiger partial charge in [-0.3, -0.25) is 4.79 Å². The van der Waals surface area contributed by atoms with Gasteiger partial charge in [0.2, 0.25) is 0 Å². The van der Waals surface area contributed by atoms with Crippen LogP contribution in [0.15, 0.2) is 30.3 Å². The molecule has 0 saturated carbocycles. The van der Waals surface area contributed by atoms with Crippen LogP contribution < -0.4 is 4.74 Å². The zero-order chi connectivity index (χ0) is 14.3. The summed E-state index contributed by atoms with van der Waals surface area (Å²) in [5, 5.41) is 0.278. The molecule has 0 heterocycles. The van der Waals surface area contributed by atoms with Gasteiger partial charge in [0.25, 0.3) is 0 Å². The second kappa shape index (κ2) is 4.91. The van der Waals surface area contributed by atoms with Crippen LogP contribution in [-0.2, 0) is 6.42 Å². The number of fused-ring (bicyclic) bond motifs is 1. The summed E-state index contributed by atoms with van der Waals surface area (Å²) in [5.74, 6) is 0.617. The lowest BCUT2D eigenvalue weighted by Crippen LogP contribution is -1.97. The van der Waals surface area contributed by atoms with Gasteiger partial charge in [-0.25, -0.2) is 4.39 Å². The first kappa shape index (κ1) is 13.1. The topological polar surface area (TPSA) is 26.3 Å². The van der Waals surface area contributed by atoms with E-state index in [0.717, 1.165) is 16.7 Å². The van der Waals surface area contributed by atoms with Crippen LogP contribution in [0, 0.1) is 12.7 Å². The molecule has 2 aromatic carbocycles. The number of Topliss-reactive ketones (excluding diaryl/α,β-unsaturated/α-hetero) is 1. The molecule has 102 valence electrons. The van der Waals surface area contributed by atoms with E-state index in [1.165, 1.54) is 12.1 Å². The molecule has 0 radical (unpaired) electrons. The third-order valence-electron chi connectivity index (χ3n) is 3.42. The van der Waals surface area contributed by atoms with E-state index < -0.39 is 5.82 Å². The quantitative estimate of drug-likeness (QED) is 0.801. The number of rotatable bonds is 2. The van der Waals surface area contributed by atoms with E-state index in [9.17, 15) is 9.18 Å². The highest BCUT2D eigenvalue weighted by molar-refractivity contribution is 6.30. The summed E-state index contributed by atoms with van der Waals surface area (Å²) < 4.78 is 19.0. The Kier molecular flexibility index (Phi) is 3.22. The summed E-state index contributed by atoms with van der Waals surface area (Å²) >= 11 is 5.81. The molecule has 0 spiro atoms. The van der Waals surface area contributed by atoms with Gasteiger partial charge in [0.1, 0.15) is 17.3 Å². The Labute approximate surface area is 121 Å². The minimum absolute atomic E-state index is 0.139. The molecule has 0 amide bonds. The fraction of sp³-hybridized carbons (Fsp3) is 0.188. The van der Waals surface area contributed by atoms with Crippen LogP contribution in [0.5, 0.6) is 11.5 Å². The molecule has 0 bridgehead atoms. The zero-order valence-electron chi connectivity index (χ0n) is 10.9. The molecular formula is C16H12ClFO2. The van der Waals surface area contributed by atoms with Crippen LogP contribution >= 0.6 is 11.6 Å². The molecule has 2 nitrogen and oxygen atoms in total. The van der Waals surface area contributed by atoms with E-state index >= 15 is 0 Å². The van der Waals surface area contributed by atoms with Crippen LogP contribution in [0.4, 0.5) is 4.39 Å². The van der Waals surface area contributed by atoms with Crippen molar-refractivity contribution in [3.63, 3.8) is 0 Å². The van der Waals surface area contributed by atoms with Crippen molar-refractivity contribution in [1.82, 2.24) is 0 Å². The molecule has 1 aliphatic carbocycles. The van der Waals surface area contributed by atoms with E-state index in [1.807, 2.05) is 19.1 Å². The second-order valence-corrected chi connectivity index (χ2v) is 5.30. The van der Waals surface area contributed by atoms with Gasteiger partial charge in [-0.15, -0.1) is 0 Å². The van der Waals surface area contributed by atoms with E-state index in [1.54, 1.807) is 6.07 Å². The summed E-state index contributed by atoms with van der Waals surface area (Å²) in [7, 11) is 0. The third kappa shape index (κ3) is 2.29. The summed E-state index contributed by atoms with van der Waals surface area (Å²) in [6.07, 6.45) is 1.16. The van der Waals surface area contributed by atoms with Crippen molar-refractivity contribution < 1.29 is 13.9 Å². The molecule has 20 heavy (non-hydrogen) atoms. The molecule has 0 aromatic heterocycles. The first-order valence-corrected chi connectivity index (χ1v) is 6.72. The fourth-order valence-corrected chi connectivity index (χ4v) is 2.77. The van der Waals surface area contributed by atoms with Crippen molar-refractivity contribution in [1.29, 1.82) is 0 Å². The Bertz CT molecular complexity index is 690. The Morgan fingerprint density at radius 2 is 2.00 bits per heavy atom. The standard InChI is InChI=1S/C16H12ClFO2/c1-9-2-5-15(13-3-4-14(19)16(9)13)20-12-7-10(17)6-11(18)8-12/h2,5-8H,3-4H2,1H3. The Hall–Kier alpha value is -1.87. The number of hydrogen-bond donors (Lipinski definition) is 0. The molecule has 0 unspecified atom stereocenters. The van der Waals surface area contributed by atoms with Crippen molar-refractivity contribution in [2.24, 2.45) is 0 Å². The maximum atomic E-state index is 13.3. The van der Waals surface area contributed by atoms with E-state index in [0.29, 0.717) is 24.3 Å². The second-order valence-electron chi connectivity index (χ2n) is 4.86. The Balaban J connectivity index is 2.02. The molecule has 0 fully saturated rings. The third-order valence-corrected chi connectivity index (χ3v) is 3.64. The van der Waals surface area contributed by atoms with Crippen LogP contribution in [0.2, 0.25) is 5.02 Å². The Morgan fingerprint density at radius 1 is 1.20 bits per heavy atom. The summed E-state index contributed by atoms with van der Waals surface area (Å²) in [6.45, 7) is 1.91. The first-order valence-electron chi connectivity index (χ1n) is 6.34. The monoisotopic (exact) mass is 290 g/mol. The lowest BCUT2D eigenvalue weighted by Gasteiger charge is -2.12. The average Bonchev–Trinajstić information content (AvgIpc) is 2.75. The number of ketones is 1. The van der Waals surface area contributed by atoms with Gasteiger partial charge in [0.15, 0.2) is 5.78 Å². The van der Waals surface area contributed by atoms with E-state index in [2.05, 4.69) is 0 Å². The highest BCUT2D eigenvalue weighted by Gasteiger charge is 2.25. The van der Waals surface area contributed by atoms with Gasteiger partial charge in [-0.05, 0) is 37.1 Å². The number of carbonyl (C=O) groups is 1. The molecule has 0 N–H and O–H groups in total. The lowest BCUT2D eigenvalue weighted by atomic mass is 10.0. The van der Waals surface area contributed by atoms with Gasteiger partial charge < -0.3 is 4.74 Å². The van der Waals surface area contributed by atoms with Crippen molar-refractivity contribution in [3.8, 4) is 11.5 Å². The minimum atomic E-state index is -0.452. The van der Waals surface area contributed by atoms with Crippen molar-refractivity contribution in [2.75, 3.05) is 0 Å². The summed E-state index contributed by atoms with van der Waals surface area (Å²) in [6, 6.07) is 7.70. The highest BCUT2D eigenvalue weighted by atomic mass is 35.5. The zero-order valence-corrected chi connectivity index (χ0v) is 11.6. The number of benzene rings is 2. The molecule has 0 atom stereocenters. The van der Waals surface area contributed by atoms with Gasteiger partial charge in [0.05, 0.1) is 0 Å². The van der Waals surface area contributed by atoms with Gasteiger partial charge in [-0.2, -0.15) is 0 Å². The van der Waals surface area contributed by atoms with Gasteiger partial charge in [0, 0.05) is 28.6 Å². The maximum absolute atomic E-state index is 13.3. The molecule has 3 rings (SSSR count). The van der Waals surface area contributed by atoms with Crippen LogP contribution in [0.3, 0.4) is 0 Å². The normalized spacial score (nSPS) is 13.4. The van der Waals surface area contributed by atoms with E-state index in [-0.39, 0.29) is 10.8 Å². The number of hydrogen-bond acceptors (Lipinski definition) is 2. The minimum Gasteiger partial charge on any atom is -0.457 e. The maximum Gasteiger partial charge on any atom is 0.163 e. The van der Waals surface area contributed by atoms with Crippen molar-refractivity contribution >= 4 is 17.4 Å². The smallest absolute Gasteiger partial charge is 0.163 e. The molecule has 0 aliphatic heterocycles. The molecular weight excluding hydrogens is 279 g/mol. The largest absolute Gasteiger partial charge is 0.457 e. The van der Waals surface area contributed by atoms with Crippen molar-refractivity contribution in [3.05, 3.63) is 57.9 Å². The summed E-state index contributed by atoms with van der Waals surface area (Å²) in [5.41, 5.74) is 2.59. The molecule has 1 aliphatic rings. The fourth-order valence-electron chi connectivity index (χ4n) is 2.56. The number of halogens is 2. The predicted molar refractivity (Wildman–Crippen MR) is 75.3 cm³/mol. The predicted octanol–water partition coefficient (Wildman–Crippen LogP) is 4.71. The average molecular weight is 291 g/mol. The van der Waals surface area contributed by atoms with Crippen LogP contribution in [-0.4, -0.2) is 5.78 Å². The summed E-state index contributed by atoms with van der Waals surface area (Å²) in [4.78, 5) is 11.9. The number of carbonyl (C=O) groups excluding carboxylic acids is 1. The first-order chi connectivity index (χ1) is 9.54. The van der Waals surface area contributed by atoms with E-state index in [4.69, 9.17) is 16.3 Å². The van der Waals surface area contributed by atoms with Crippen LogP contribution in [0.25, 0.3) is 0 Å². The molecule has 4 heteroatoms. The van der Waals surface area contributed by atoms with Gasteiger partial charge >= 0.3 is 0 Å². The number of aryl methyl sites for hydroxylation is 1. The SMILES string of the molecule is Cc1ccc(Oc2cc(F)cc(Cl)c2)c2c1C(=O)CC2. The van der Waals surface area contributed by atoms with Crippen LogP contribution in [0.1, 0.15) is 27.9 Å². The lowest BCUT2D eigenvalue weighted by molar-refractivity contribution is 0.0994. The highest BCUT2D eigenvalue weighted by Crippen LogP contribution is 2.36. The van der Waals surface area contributed by atoms with Crippen molar-refractivity contribution in [2.45, 2.75) is 19.8 Å². The molecule has 0 saturated heterocycles.